The Kier molecular flexibility index (Phi) is 19.2. The van der Waals surface area contributed by atoms with Crippen LogP contribution in [0.3, 0.4) is 0 Å². The first-order valence-corrected chi connectivity index (χ1v) is 24.8. The SMILES string of the molecule is Nc1nc(=O)n([C@H]2C[C@H](O)[C@@H](COP(=O)(O)OP(=O)(O)OP(=O)(O)O)O2)cc1C#CCNC(=O)CCCNC(=O)CCCCCNC(=O)CCCC[C@@H]1SC[C@@H]2NC(=O)N[C@@H]21. The number of aliphatic hydroxyl groups excluding tert-OH is 1. The summed E-state index contributed by atoms with van der Waals surface area (Å²) in [7, 11) is -16.9. The van der Waals surface area contributed by atoms with Gasteiger partial charge in [-0.15, -0.1) is 0 Å². The van der Waals surface area contributed by atoms with Crippen molar-refractivity contribution < 1.29 is 75.4 Å². The molecule has 5 amide bonds. The first-order valence-electron chi connectivity index (χ1n) is 19.2. The summed E-state index contributed by atoms with van der Waals surface area (Å²) in [5.74, 6) is 5.53. The van der Waals surface area contributed by atoms with Crippen molar-refractivity contribution >= 4 is 64.8 Å². The maximum absolute atomic E-state index is 12.5. The Balaban J connectivity index is 1.04. The largest absolute Gasteiger partial charge is 0.490 e. The third kappa shape index (κ3) is 17.7. The van der Waals surface area contributed by atoms with Crippen LogP contribution in [0.5, 0.6) is 0 Å². The summed E-state index contributed by atoms with van der Waals surface area (Å²) in [6.45, 7) is -0.223. The van der Waals surface area contributed by atoms with E-state index in [9.17, 15) is 52.6 Å². The number of fused-ring (bicyclic) bond motifs is 1. The monoisotopic (exact) mass is 944 g/mol. The van der Waals surface area contributed by atoms with Crippen LogP contribution in [0.1, 0.15) is 82.4 Å². The standard InChI is InChI=1S/C32H51N8O17P3S/c33-30-20(17-40(32(46)39-30)28-16-22(41)23(55-28)18-54-59(50,51)57-60(52,53)56-58(47,48)49)8-6-14-35-27(44)12-7-15-36-25(42)10-2-1-5-13-34-26(43)11-4-3-9-24-29-21(19-61-24)37-31(45)38-29/h17,21-24,28-29,41H,1-5,7,9-16,18-19H2,(H,34,43)(H,35,44)(H,36,42)(H,50,51)(H,52,53)(H2,33,39,46)(H2,37,38,45)(H2,47,48,49)/t21-,22-,23+,24-,28+,29-/m0/s1. The van der Waals surface area contributed by atoms with Gasteiger partial charge in [0.1, 0.15) is 18.1 Å². The van der Waals surface area contributed by atoms with Crippen LogP contribution in [0.2, 0.25) is 0 Å². The third-order valence-electron chi connectivity index (χ3n) is 9.30. The van der Waals surface area contributed by atoms with E-state index in [-0.39, 0.29) is 66.6 Å². The van der Waals surface area contributed by atoms with E-state index in [1.807, 2.05) is 11.8 Å². The molecule has 12 N–H and O–H groups in total. The number of nitrogens with one attached hydrogen (secondary N) is 5. The summed E-state index contributed by atoms with van der Waals surface area (Å²) in [5.41, 5.74) is 4.97. The molecular weight excluding hydrogens is 893 g/mol. The highest BCUT2D eigenvalue weighted by atomic mass is 32.2. The Morgan fingerprint density at radius 1 is 0.918 bits per heavy atom. The summed E-state index contributed by atoms with van der Waals surface area (Å²) < 4.78 is 52.5. The summed E-state index contributed by atoms with van der Waals surface area (Å²) in [6, 6.07) is 0.264. The molecule has 3 saturated heterocycles. The van der Waals surface area contributed by atoms with Gasteiger partial charge in [-0.1, -0.05) is 24.7 Å². The number of hydrogen-bond donors (Lipinski definition) is 11. The summed E-state index contributed by atoms with van der Waals surface area (Å²) in [5, 5.41) is 24.9. The number of phosphoric acid groups is 3. The molecule has 29 heteroatoms. The highest BCUT2D eigenvalue weighted by Crippen LogP contribution is 2.66. The molecular formula is C32H51N8O17P3S. The number of ether oxygens (including phenoxy) is 1. The minimum atomic E-state index is -5.76. The fraction of sp³-hybridized carbons (Fsp3) is 0.688. The number of aromatic nitrogens is 2. The molecule has 0 saturated carbocycles. The van der Waals surface area contributed by atoms with Gasteiger partial charge >= 0.3 is 35.2 Å². The number of carbonyl (C=O) groups excluding carboxylic acids is 4. The normalized spacial score (nSPS) is 24.0. The topological polar surface area (TPSA) is 379 Å². The zero-order valence-electron chi connectivity index (χ0n) is 32.7. The van der Waals surface area contributed by atoms with Crippen LogP contribution >= 0.6 is 35.2 Å². The van der Waals surface area contributed by atoms with E-state index < -0.39 is 54.2 Å². The maximum Gasteiger partial charge on any atom is 0.490 e. The van der Waals surface area contributed by atoms with Crippen molar-refractivity contribution in [3.05, 3.63) is 22.2 Å². The first kappa shape index (κ1) is 50.2. The van der Waals surface area contributed by atoms with Crippen LogP contribution < -0.4 is 38.0 Å². The number of nitrogens with two attached hydrogens (primary N) is 1. The number of anilines is 1. The van der Waals surface area contributed by atoms with Gasteiger partial charge in [0.05, 0.1) is 36.9 Å². The number of aliphatic hydroxyl groups is 1. The number of rotatable bonds is 24. The van der Waals surface area contributed by atoms with Crippen LogP contribution in [0, 0.1) is 11.8 Å². The number of unbranched alkanes of at least 4 members (excludes halogenated alkanes) is 3. The number of hydrogen-bond acceptors (Lipinski definition) is 16. The molecule has 8 atom stereocenters. The Morgan fingerprint density at radius 2 is 1.57 bits per heavy atom. The molecule has 0 aromatic carbocycles. The number of nitrogens with zero attached hydrogens (tertiary/aromatic N) is 2. The molecule has 342 valence electrons. The van der Waals surface area contributed by atoms with Crippen molar-refractivity contribution in [1.29, 1.82) is 0 Å². The van der Waals surface area contributed by atoms with Gasteiger partial charge in [-0.05, 0) is 32.1 Å². The van der Waals surface area contributed by atoms with Crippen molar-refractivity contribution in [2.45, 2.75) is 106 Å². The second-order valence-corrected chi connectivity index (χ2v) is 19.8. The minimum absolute atomic E-state index is 0.00672. The zero-order valence-corrected chi connectivity index (χ0v) is 36.2. The highest BCUT2D eigenvalue weighted by Gasteiger charge is 2.44. The molecule has 4 heterocycles. The number of carbonyl (C=O) groups is 4. The average molecular weight is 945 g/mol. The van der Waals surface area contributed by atoms with E-state index in [1.54, 1.807) is 0 Å². The molecule has 3 fully saturated rings. The van der Waals surface area contributed by atoms with Crippen LogP contribution in [-0.4, -0.2) is 120 Å². The second-order valence-electron chi connectivity index (χ2n) is 14.1. The van der Waals surface area contributed by atoms with Gasteiger partial charge < -0.3 is 61.7 Å². The Morgan fingerprint density at radius 3 is 2.28 bits per heavy atom. The van der Waals surface area contributed by atoms with Gasteiger partial charge in [-0.25, -0.2) is 23.3 Å². The maximum atomic E-state index is 12.5. The fourth-order valence-electron chi connectivity index (χ4n) is 6.40. The molecule has 2 unspecified atom stereocenters. The second kappa shape index (κ2) is 23.3. The summed E-state index contributed by atoms with van der Waals surface area (Å²) in [4.78, 5) is 100. The number of urea groups is 1. The van der Waals surface area contributed by atoms with E-state index in [4.69, 9.17) is 20.3 Å². The Hall–Kier alpha value is -3.40. The van der Waals surface area contributed by atoms with Gasteiger partial charge in [0.25, 0.3) is 0 Å². The lowest BCUT2D eigenvalue weighted by Crippen LogP contribution is -2.36. The Labute approximate surface area is 353 Å². The minimum Gasteiger partial charge on any atom is -0.390 e. The Bertz CT molecular complexity index is 2000. The molecule has 1 aromatic heterocycles. The van der Waals surface area contributed by atoms with Crippen LogP contribution in [0.25, 0.3) is 0 Å². The number of amides is 5. The predicted molar refractivity (Wildman–Crippen MR) is 215 cm³/mol. The van der Waals surface area contributed by atoms with Crippen molar-refractivity contribution in [3.8, 4) is 11.8 Å². The molecule has 4 rings (SSSR count). The molecule has 0 spiro atoms. The average Bonchev–Trinajstić information content (AvgIpc) is 3.83. The fourth-order valence-corrected chi connectivity index (χ4v) is 11.0. The van der Waals surface area contributed by atoms with Crippen molar-refractivity contribution in [1.82, 2.24) is 36.1 Å². The lowest BCUT2D eigenvalue weighted by Gasteiger charge is -2.19. The van der Waals surface area contributed by atoms with E-state index in [0.29, 0.717) is 44.0 Å². The molecule has 0 radical (unpaired) electrons. The van der Waals surface area contributed by atoms with E-state index in [0.717, 1.165) is 42.4 Å². The van der Waals surface area contributed by atoms with Gasteiger partial charge in [-0.3, -0.25) is 23.5 Å². The highest BCUT2D eigenvalue weighted by molar-refractivity contribution is 8.00. The molecule has 1 aromatic rings. The molecule has 3 aliphatic heterocycles. The van der Waals surface area contributed by atoms with Crippen molar-refractivity contribution in [3.63, 3.8) is 0 Å². The smallest absolute Gasteiger partial charge is 0.390 e. The van der Waals surface area contributed by atoms with Gasteiger partial charge in [0.15, 0.2) is 0 Å². The zero-order chi connectivity index (χ0) is 44.8. The van der Waals surface area contributed by atoms with Crippen molar-refractivity contribution in [2.24, 2.45) is 0 Å². The third-order valence-corrected chi connectivity index (χ3v) is 14.6. The number of thioether (sulfide) groups is 1. The lowest BCUT2D eigenvalue weighted by atomic mass is 10.0. The summed E-state index contributed by atoms with van der Waals surface area (Å²) >= 11 is 1.86. The molecule has 0 aliphatic carbocycles. The molecule has 61 heavy (non-hydrogen) atoms. The van der Waals surface area contributed by atoms with Gasteiger partial charge in [-0.2, -0.15) is 25.4 Å². The molecule has 3 aliphatic rings. The van der Waals surface area contributed by atoms with E-state index >= 15 is 0 Å². The predicted octanol–water partition coefficient (Wildman–Crippen LogP) is -0.416. The number of nitrogen functional groups attached to an aromatic ring is 1. The summed E-state index contributed by atoms with van der Waals surface area (Å²) in [6.07, 6.45) is 2.96. The van der Waals surface area contributed by atoms with Crippen LogP contribution in [-0.2, 0) is 46.0 Å². The quantitative estimate of drug-likeness (QED) is 0.0271. The lowest BCUT2D eigenvalue weighted by molar-refractivity contribution is -0.122. The van der Waals surface area contributed by atoms with Crippen LogP contribution in [0.15, 0.2) is 11.0 Å². The number of phosphoric ester groups is 1. The molecule has 0 bridgehead atoms. The van der Waals surface area contributed by atoms with Crippen LogP contribution in [0.4, 0.5) is 10.6 Å². The molecule has 25 nitrogen and oxygen atoms in total. The first-order chi connectivity index (χ1) is 28.7. The van der Waals surface area contributed by atoms with Crippen molar-refractivity contribution in [2.75, 3.05) is 37.7 Å². The van der Waals surface area contributed by atoms with Gasteiger partial charge in [0, 0.05) is 56.0 Å². The van der Waals surface area contributed by atoms with E-state index in [1.165, 1.54) is 6.20 Å². The van der Waals surface area contributed by atoms with E-state index in [2.05, 4.69) is 56.6 Å². The van der Waals surface area contributed by atoms with Gasteiger partial charge in [0.2, 0.25) is 17.7 Å².